The highest BCUT2D eigenvalue weighted by molar-refractivity contribution is 7.18. The zero-order valence-electron chi connectivity index (χ0n) is 15.3. The van der Waals surface area contributed by atoms with Gasteiger partial charge in [0.25, 0.3) is 0 Å². The molecule has 0 spiro atoms. The van der Waals surface area contributed by atoms with Crippen molar-refractivity contribution in [2.75, 3.05) is 0 Å². The maximum atomic E-state index is 12.1. The molecule has 2 heterocycles. The number of carbonyl (C=O) groups is 1. The topological polar surface area (TPSA) is 59.8 Å². The quantitative estimate of drug-likeness (QED) is 0.490. The lowest BCUT2D eigenvalue weighted by molar-refractivity contribution is -0.121. The zero-order chi connectivity index (χ0) is 18.6. The Morgan fingerprint density at radius 3 is 2.63 bits per heavy atom. The van der Waals surface area contributed by atoms with Crippen LogP contribution < -0.4 is 5.32 Å². The van der Waals surface area contributed by atoms with Crippen LogP contribution in [-0.4, -0.2) is 20.4 Å². The molecule has 0 aliphatic heterocycles. The van der Waals surface area contributed by atoms with E-state index in [0.717, 1.165) is 46.6 Å². The second-order valence-electron chi connectivity index (χ2n) is 6.63. The van der Waals surface area contributed by atoms with Crippen LogP contribution in [0.2, 0.25) is 0 Å². The van der Waals surface area contributed by atoms with Gasteiger partial charge in [-0.15, -0.1) is 11.3 Å². The fourth-order valence-corrected chi connectivity index (χ4v) is 4.22. The van der Waals surface area contributed by atoms with E-state index in [1.54, 1.807) is 11.3 Å². The van der Waals surface area contributed by atoms with Gasteiger partial charge in [0.15, 0.2) is 0 Å². The van der Waals surface area contributed by atoms with Crippen molar-refractivity contribution in [3.63, 3.8) is 0 Å². The summed E-state index contributed by atoms with van der Waals surface area (Å²) in [4.78, 5) is 21.4. The number of rotatable bonds is 7. The number of amides is 1. The largest absolute Gasteiger partial charge is 0.349 e. The third-order valence-corrected chi connectivity index (χ3v) is 5.80. The van der Waals surface area contributed by atoms with Gasteiger partial charge >= 0.3 is 0 Å². The molecule has 4 aromatic rings. The molecule has 0 saturated carbocycles. The number of thiazole rings is 1. The number of benzene rings is 2. The van der Waals surface area contributed by atoms with Gasteiger partial charge in [0.05, 0.1) is 32.8 Å². The van der Waals surface area contributed by atoms with Gasteiger partial charge in [0.2, 0.25) is 5.91 Å². The minimum absolute atomic E-state index is 0.0753. The number of fused-ring (bicyclic) bond motifs is 2. The molecule has 0 aliphatic carbocycles. The van der Waals surface area contributed by atoms with E-state index < -0.39 is 0 Å². The van der Waals surface area contributed by atoms with Gasteiger partial charge < -0.3 is 9.88 Å². The van der Waals surface area contributed by atoms with Gasteiger partial charge in [-0.3, -0.25) is 4.79 Å². The Morgan fingerprint density at radius 2 is 1.81 bits per heavy atom. The van der Waals surface area contributed by atoms with Crippen molar-refractivity contribution in [3.8, 4) is 0 Å². The van der Waals surface area contributed by atoms with Crippen molar-refractivity contribution in [3.05, 3.63) is 59.4 Å². The van der Waals surface area contributed by atoms with Crippen molar-refractivity contribution in [2.24, 2.45) is 7.05 Å². The summed E-state index contributed by atoms with van der Waals surface area (Å²) in [6.45, 7) is 0.460. The van der Waals surface area contributed by atoms with Crippen LogP contribution in [0.4, 0.5) is 0 Å². The van der Waals surface area contributed by atoms with E-state index in [2.05, 4.69) is 21.4 Å². The Bertz CT molecular complexity index is 1050. The minimum atomic E-state index is 0.0753. The number of carbonyl (C=O) groups excluding carboxylic acids is 1. The standard InChI is InChI=1S/C21H22N4OS/c1-25-17-10-4-2-8-15(17)23-19(25)14-22-20(26)12-6-7-13-21-24-16-9-3-5-11-18(16)27-21/h2-5,8-11H,6-7,12-14H2,1H3,(H,22,26). The number of hydrogen-bond donors (Lipinski definition) is 1. The van der Waals surface area contributed by atoms with Crippen LogP contribution in [0.15, 0.2) is 48.5 Å². The Kier molecular flexibility index (Phi) is 5.16. The highest BCUT2D eigenvalue weighted by Crippen LogP contribution is 2.22. The van der Waals surface area contributed by atoms with E-state index in [4.69, 9.17) is 0 Å². The van der Waals surface area contributed by atoms with Crippen molar-refractivity contribution in [2.45, 2.75) is 32.2 Å². The molecule has 0 bridgehead atoms. The van der Waals surface area contributed by atoms with E-state index in [0.29, 0.717) is 13.0 Å². The number of unbranched alkanes of at least 4 members (excludes halogenated alkanes) is 1. The maximum Gasteiger partial charge on any atom is 0.220 e. The minimum Gasteiger partial charge on any atom is -0.349 e. The van der Waals surface area contributed by atoms with Gasteiger partial charge in [-0.05, 0) is 43.5 Å². The number of hydrogen-bond acceptors (Lipinski definition) is 4. The SMILES string of the molecule is Cn1c(CNC(=O)CCCCc2nc3ccccc3s2)nc2ccccc21. The van der Waals surface area contributed by atoms with Crippen LogP contribution in [0, 0.1) is 0 Å². The van der Waals surface area contributed by atoms with E-state index in [1.807, 2.05) is 54.1 Å². The molecule has 0 aliphatic rings. The molecule has 27 heavy (non-hydrogen) atoms. The molecule has 0 atom stereocenters. The van der Waals surface area contributed by atoms with Gasteiger partial charge in [0, 0.05) is 13.5 Å². The van der Waals surface area contributed by atoms with E-state index in [-0.39, 0.29) is 5.91 Å². The van der Waals surface area contributed by atoms with Gasteiger partial charge in [-0.2, -0.15) is 0 Å². The second kappa shape index (κ2) is 7.88. The van der Waals surface area contributed by atoms with Crippen LogP contribution >= 0.6 is 11.3 Å². The number of aryl methyl sites for hydroxylation is 2. The van der Waals surface area contributed by atoms with Crippen LogP contribution in [-0.2, 0) is 24.8 Å². The summed E-state index contributed by atoms with van der Waals surface area (Å²) < 4.78 is 3.26. The summed E-state index contributed by atoms with van der Waals surface area (Å²) in [5.74, 6) is 0.949. The van der Waals surface area contributed by atoms with Crippen LogP contribution in [0.3, 0.4) is 0 Å². The van der Waals surface area contributed by atoms with Crippen molar-refractivity contribution >= 4 is 38.5 Å². The molecule has 0 saturated heterocycles. The highest BCUT2D eigenvalue weighted by atomic mass is 32.1. The average Bonchev–Trinajstić information content (AvgIpc) is 3.24. The highest BCUT2D eigenvalue weighted by Gasteiger charge is 2.09. The normalized spacial score (nSPS) is 11.3. The molecule has 2 aromatic heterocycles. The molecular weight excluding hydrogens is 356 g/mol. The molecule has 1 amide bonds. The molecule has 5 nitrogen and oxygen atoms in total. The summed E-state index contributed by atoms with van der Waals surface area (Å²) in [6, 6.07) is 16.2. The van der Waals surface area contributed by atoms with E-state index in [1.165, 1.54) is 4.70 Å². The Hall–Kier alpha value is -2.73. The monoisotopic (exact) mass is 378 g/mol. The van der Waals surface area contributed by atoms with Gasteiger partial charge in [-0.25, -0.2) is 9.97 Å². The van der Waals surface area contributed by atoms with Crippen LogP contribution in [0.25, 0.3) is 21.3 Å². The number of nitrogens with one attached hydrogen (secondary N) is 1. The van der Waals surface area contributed by atoms with E-state index in [9.17, 15) is 4.79 Å². The Morgan fingerprint density at radius 1 is 1.04 bits per heavy atom. The van der Waals surface area contributed by atoms with Crippen molar-refractivity contribution < 1.29 is 4.79 Å². The molecular formula is C21H22N4OS. The molecule has 4 rings (SSSR count). The smallest absolute Gasteiger partial charge is 0.220 e. The predicted octanol–water partition coefficient (Wildman–Crippen LogP) is 4.21. The lowest BCUT2D eigenvalue weighted by Gasteiger charge is -2.05. The predicted molar refractivity (Wildman–Crippen MR) is 110 cm³/mol. The lowest BCUT2D eigenvalue weighted by atomic mass is 10.2. The Labute approximate surface area is 162 Å². The van der Waals surface area contributed by atoms with Crippen LogP contribution in [0.1, 0.15) is 30.1 Å². The zero-order valence-corrected chi connectivity index (χ0v) is 16.1. The first-order valence-electron chi connectivity index (χ1n) is 9.22. The number of para-hydroxylation sites is 3. The molecule has 1 N–H and O–H groups in total. The fourth-order valence-electron chi connectivity index (χ4n) is 3.21. The third kappa shape index (κ3) is 4.01. The summed E-state index contributed by atoms with van der Waals surface area (Å²) in [6.07, 6.45) is 3.30. The van der Waals surface area contributed by atoms with E-state index >= 15 is 0 Å². The summed E-state index contributed by atoms with van der Waals surface area (Å²) in [7, 11) is 1.98. The number of aromatic nitrogens is 3. The molecule has 0 fully saturated rings. The first kappa shape index (κ1) is 17.7. The van der Waals surface area contributed by atoms with Gasteiger partial charge in [0.1, 0.15) is 5.82 Å². The lowest BCUT2D eigenvalue weighted by Crippen LogP contribution is -2.24. The van der Waals surface area contributed by atoms with Crippen molar-refractivity contribution in [1.29, 1.82) is 0 Å². The molecule has 6 heteroatoms. The first-order valence-corrected chi connectivity index (χ1v) is 10.0. The Balaban J connectivity index is 1.23. The summed E-state index contributed by atoms with van der Waals surface area (Å²) in [5.41, 5.74) is 3.11. The van der Waals surface area contributed by atoms with Gasteiger partial charge in [-0.1, -0.05) is 24.3 Å². The molecule has 2 aromatic carbocycles. The molecule has 0 unspecified atom stereocenters. The van der Waals surface area contributed by atoms with Crippen LogP contribution in [0.5, 0.6) is 0 Å². The first-order chi connectivity index (χ1) is 13.2. The number of nitrogens with zero attached hydrogens (tertiary/aromatic N) is 3. The third-order valence-electron chi connectivity index (χ3n) is 4.71. The maximum absolute atomic E-state index is 12.1. The second-order valence-corrected chi connectivity index (χ2v) is 7.75. The van der Waals surface area contributed by atoms with Crippen molar-refractivity contribution in [1.82, 2.24) is 19.9 Å². The molecule has 138 valence electrons. The summed E-state index contributed by atoms with van der Waals surface area (Å²) in [5, 5.41) is 4.13. The average molecular weight is 379 g/mol. The fraction of sp³-hybridized carbons (Fsp3) is 0.286. The number of imidazole rings is 1. The summed E-state index contributed by atoms with van der Waals surface area (Å²) >= 11 is 1.74. The molecule has 0 radical (unpaired) electrons.